The molecule has 172 valence electrons. The van der Waals surface area contributed by atoms with E-state index in [1.54, 1.807) is 23.3 Å². The fourth-order valence-electron chi connectivity index (χ4n) is 3.87. The summed E-state index contributed by atoms with van der Waals surface area (Å²) < 4.78 is 2.59. The van der Waals surface area contributed by atoms with E-state index in [9.17, 15) is 0 Å². The van der Waals surface area contributed by atoms with Crippen LogP contribution in [0, 0.1) is 7.14 Å². The molecule has 0 atom stereocenters. The van der Waals surface area contributed by atoms with E-state index >= 15 is 0 Å². The molecule has 0 saturated heterocycles. The van der Waals surface area contributed by atoms with Crippen LogP contribution in [0.4, 0.5) is 0 Å². The summed E-state index contributed by atoms with van der Waals surface area (Å²) in [7, 11) is 0. The first-order chi connectivity index (χ1) is 15.4. The van der Waals surface area contributed by atoms with Crippen molar-refractivity contribution in [3.63, 3.8) is 0 Å². The van der Waals surface area contributed by atoms with Gasteiger partial charge >= 0.3 is 41.9 Å². The molecule has 0 N–H and O–H groups in total. The van der Waals surface area contributed by atoms with E-state index in [1.807, 2.05) is 0 Å². The average molecular weight is 803 g/mol. The van der Waals surface area contributed by atoms with E-state index < -0.39 is 0 Å². The third-order valence-electron chi connectivity index (χ3n) is 5.15. The molecule has 0 nitrogen and oxygen atoms in total. The van der Waals surface area contributed by atoms with Crippen molar-refractivity contribution >= 4 is 93.7 Å². The Bertz CT molecular complexity index is 1440. The van der Waals surface area contributed by atoms with Crippen LogP contribution >= 0.6 is 45.2 Å². The van der Waals surface area contributed by atoms with Gasteiger partial charge in [0.15, 0.2) is 0 Å². The molecule has 0 unspecified atom stereocenters. The molecule has 0 aliphatic carbocycles. The monoisotopic (exact) mass is 800 g/mol. The van der Waals surface area contributed by atoms with Crippen molar-refractivity contribution in [1.29, 1.82) is 0 Å². The number of halogens is 4. The molecule has 6 aromatic carbocycles. The van der Waals surface area contributed by atoms with E-state index in [0.717, 1.165) is 0 Å². The van der Waals surface area contributed by atoms with Gasteiger partial charge in [-0.15, -0.1) is 79.5 Å². The van der Waals surface area contributed by atoms with Crippen LogP contribution in [-0.2, 0) is 23.3 Å². The molecule has 0 aliphatic rings. The summed E-state index contributed by atoms with van der Waals surface area (Å²) in [6.45, 7) is 4.62. The summed E-state index contributed by atoms with van der Waals surface area (Å²) in [5.41, 5.74) is 0.210. The zero-order chi connectivity index (χ0) is 22.7. The Hall–Kier alpha value is -0.240. The van der Waals surface area contributed by atoms with Crippen molar-refractivity contribution in [1.82, 2.24) is 0 Å². The molecule has 0 heterocycles. The molecule has 34 heavy (non-hydrogen) atoms. The number of benzene rings is 4. The van der Waals surface area contributed by atoms with Gasteiger partial charge in [-0.1, -0.05) is 106 Å². The predicted molar refractivity (Wildman–Crippen MR) is 157 cm³/mol. The fourth-order valence-corrected chi connectivity index (χ4v) is 4.90. The van der Waals surface area contributed by atoms with E-state index in [-0.39, 0.29) is 30.2 Å². The third-order valence-corrected chi connectivity index (χ3v) is 6.49. The second kappa shape index (κ2) is 13.9. The first-order valence-electron chi connectivity index (χ1n) is 10.4. The van der Waals surface area contributed by atoms with Crippen LogP contribution < -0.4 is 24.8 Å². The van der Waals surface area contributed by atoms with Gasteiger partial charge in [-0.05, 0) is 7.14 Å². The van der Waals surface area contributed by atoms with Crippen LogP contribution in [0.1, 0.15) is 0 Å². The van der Waals surface area contributed by atoms with Crippen molar-refractivity contribution < 1.29 is 48.1 Å². The zero-order valence-corrected chi connectivity index (χ0v) is 28.0. The maximum absolute atomic E-state index is 2.35. The Morgan fingerprint density at radius 1 is 0.559 bits per heavy atom. The van der Waals surface area contributed by atoms with E-state index in [0.29, 0.717) is 0 Å². The number of rotatable bonds is 0. The van der Waals surface area contributed by atoms with Gasteiger partial charge in [0, 0.05) is 0 Å². The Morgan fingerprint density at radius 2 is 0.882 bits per heavy atom. The van der Waals surface area contributed by atoms with Crippen molar-refractivity contribution in [2.24, 2.45) is 0 Å². The molecule has 6 aromatic rings. The van der Waals surface area contributed by atoms with E-state index in [4.69, 9.17) is 0 Å². The fraction of sp³-hybridized carbons (Fsp3) is 0.0714. The minimum absolute atomic E-state index is 0. The van der Waals surface area contributed by atoms with Gasteiger partial charge in [-0.25, -0.2) is 0 Å². The van der Waals surface area contributed by atoms with Crippen LogP contribution in [0.25, 0.3) is 43.1 Å². The molecule has 0 fully saturated rings. The third kappa shape index (κ3) is 7.39. The van der Waals surface area contributed by atoms with Crippen LogP contribution in [0.2, 0.25) is 13.1 Å². The molecule has 6 heteroatoms. The second-order valence-corrected chi connectivity index (χ2v) is 19.8. The zero-order valence-electron chi connectivity index (χ0n) is 18.7. The molecule has 0 spiro atoms. The molecule has 0 aromatic heterocycles. The summed E-state index contributed by atoms with van der Waals surface area (Å²) in [6, 6.07) is 34.8. The first kappa shape index (κ1) is 30.0. The molecule has 6 rings (SSSR count). The van der Waals surface area contributed by atoms with Crippen molar-refractivity contribution in [2.45, 2.75) is 13.1 Å². The molecule has 0 radical (unpaired) electrons. The standard InChI is InChI=1S/2C13H8I.C2H6Si.2ClH.Zr/c2*14-11-5-6-13-10(8-11)7-9-3-1-2-4-12(9)13;1-3-2;;;/h2*1-8H;1-2H3;2*1H;/q2*-1;;;;+2/p-2. The smallest absolute Gasteiger partial charge is 0.0203 e. The minimum Gasteiger partial charge on any atom is -1.00 e. The maximum atomic E-state index is 2.35. The van der Waals surface area contributed by atoms with E-state index in [2.05, 4.69) is 155 Å². The predicted octanol–water partition coefficient (Wildman–Crippen LogP) is 3.43. The maximum Gasteiger partial charge on any atom is -0.0203 e. The molecule has 0 aliphatic heterocycles. The van der Waals surface area contributed by atoms with Crippen LogP contribution in [0.15, 0.2) is 97.1 Å². The van der Waals surface area contributed by atoms with Gasteiger partial charge < -0.3 is 24.8 Å². The molecule has 0 amide bonds. The number of hydrogen-bond donors (Lipinski definition) is 0. The number of hydrogen-bond acceptors (Lipinski definition) is 0. The second-order valence-electron chi connectivity index (χ2n) is 7.93. The summed E-state index contributed by atoms with van der Waals surface area (Å²) in [4.78, 5) is 0. The van der Waals surface area contributed by atoms with Crippen molar-refractivity contribution in [3.8, 4) is 0 Å². The van der Waals surface area contributed by atoms with E-state index in [1.165, 1.54) is 50.2 Å². The first-order valence-corrected chi connectivity index (χ1v) is 18.8. The normalized spacial score (nSPS) is 10.1. The quantitative estimate of drug-likeness (QED) is 0.126. The Labute approximate surface area is 256 Å². The van der Waals surface area contributed by atoms with Gasteiger partial charge in [0.05, 0.1) is 0 Å². The largest absolute Gasteiger partial charge is 1.00 e. The summed E-state index contributed by atoms with van der Waals surface area (Å²) in [6.07, 6.45) is 0. The van der Waals surface area contributed by atoms with Crippen molar-refractivity contribution in [2.75, 3.05) is 0 Å². The SMILES string of the molecule is C[Si](C)=[Zr+2].Ic1ccc2c(c1)[cH-]c1ccccc12.Ic1ccc2c(c1)[cH-]c1ccccc12.[Cl-].[Cl-]. The summed E-state index contributed by atoms with van der Waals surface area (Å²) in [5, 5.41) is 10.8. The molecule has 0 bridgehead atoms. The molecule has 0 saturated carbocycles. The summed E-state index contributed by atoms with van der Waals surface area (Å²) in [5.74, 6) is 0. The number of fused-ring (bicyclic) bond motifs is 6. The van der Waals surface area contributed by atoms with Gasteiger partial charge in [0.2, 0.25) is 0 Å². The Morgan fingerprint density at radius 3 is 1.26 bits per heavy atom. The van der Waals surface area contributed by atoms with Crippen molar-refractivity contribution in [3.05, 3.63) is 104 Å². The van der Waals surface area contributed by atoms with Gasteiger partial charge in [-0.2, -0.15) is 0 Å². The molecular formula is C28H22Cl2I2SiZr-2. The summed E-state index contributed by atoms with van der Waals surface area (Å²) >= 11 is 6.44. The average Bonchev–Trinajstić information content (AvgIpc) is 3.30. The van der Waals surface area contributed by atoms with Crippen LogP contribution in [-0.4, -0.2) is 5.43 Å². The Kier molecular flexibility index (Phi) is 12.3. The van der Waals surface area contributed by atoms with Gasteiger partial charge in [0.25, 0.3) is 0 Å². The molecular weight excluding hydrogens is 780 g/mol. The Balaban J connectivity index is 0.000000198. The van der Waals surface area contributed by atoms with Crippen LogP contribution in [0.3, 0.4) is 0 Å². The minimum atomic E-state index is 0. The van der Waals surface area contributed by atoms with Crippen LogP contribution in [0.5, 0.6) is 0 Å². The van der Waals surface area contributed by atoms with Gasteiger partial charge in [0.1, 0.15) is 0 Å². The topological polar surface area (TPSA) is 0 Å². The van der Waals surface area contributed by atoms with Gasteiger partial charge in [-0.3, -0.25) is 0 Å².